The van der Waals surface area contributed by atoms with E-state index < -0.39 is 39.0 Å². The van der Waals surface area contributed by atoms with Crippen molar-refractivity contribution in [1.29, 1.82) is 0 Å². The van der Waals surface area contributed by atoms with Crippen molar-refractivity contribution in [2.45, 2.75) is 43.5 Å². The van der Waals surface area contributed by atoms with Crippen molar-refractivity contribution in [3.63, 3.8) is 0 Å². The monoisotopic (exact) mass is 326 g/mol. The van der Waals surface area contributed by atoms with Gasteiger partial charge in [-0.1, -0.05) is 6.92 Å². The van der Waals surface area contributed by atoms with Crippen LogP contribution in [0.25, 0.3) is 0 Å². The van der Waals surface area contributed by atoms with Crippen LogP contribution in [-0.2, 0) is 19.6 Å². The van der Waals surface area contributed by atoms with Gasteiger partial charge in [0.1, 0.15) is 0 Å². The summed E-state index contributed by atoms with van der Waals surface area (Å²) in [5, 5.41) is 5.34. The summed E-state index contributed by atoms with van der Waals surface area (Å²) in [7, 11) is -5.85. The minimum absolute atomic E-state index is 0.00507. The lowest BCUT2D eigenvalue weighted by molar-refractivity contribution is -0.166. The first-order valence-corrected chi connectivity index (χ1v) is 8.04. The van der Waals surface area contributed by atoms with E-state index in [4.69, 9.17) is 4.55 Å². The fraction of sp³-hybridized carbons (Fsp3) is 0.917. The van der Waals surface area contributed by atoms with E-state index in [1.807, 2.05) is 0 Å². The molecule has 21 heavy (non-hydrogen) atoms. The highest BCUT2D eigenvalue weighted by atomic mass is 32.2. The number of aliphatic hydroxyl groups is 1. The van der Waals surface area contributed by atoms with Gasteiger partial charge in [0.15, 0.2) is 0 Å². The van der Waals surface area contributed by atoms with E-state index >= 15 is 0 Å². The summed E-state index contributed by atoms with van der Waals surface area (Å²) < 4.78 is 59.8. The highest BCUT2D eigenvalue weighted by Crippen LogP contribution is 2.83. The quantitative estimate of drug-likeness (QED) is 0.589. The number of halogens is 2. The van der Waals surface area contributed by atoms with Gasteiger partial charge in [-0.25, -0.2) is 4.79 Å². The van der Waals surface area contributed by atoms with E-state index in [0.29, 0.717) is 25.2 Å². The lowest BCUT2D eigenvalue weighted by atomic mass is 9.75. The minimum atomic E-state index is -5.85. The van der Waals surface area contributed by atoms with Crippen molar-refractivity contribution in [2.24, 2.45) is 16.7 Å². The SMILES string of the molecule is CC1(COC(=O)C(F)(F)S(=O)(=O)O)CC2CC23CC3(O)C1. The molecule has 0 radical (unpaired) electrons. The lowest BCUT2D eigenvalue weighted by Gasteiger charge is -2.35. The van der Waals surface area contributed by atoms with E-state index in [-0.39, 0.29) is 5.41 Å². The smallest absolute Gasteiger partial charge is 0.460 e. The molecular weight excluding hydrogens is 310 g/mol. The molecule has 2 N–H and O–H groups in total. The van der Waals surface area contributed by atoms with E-state index in [1.165, 1.54) is 0 Å². The Labute approximate surface area is 120 Å². The molecule has 4 atom stereocenters. The molecule has 3 aliphatic carbocycles. The van der Waals surface area contributed by atoms with Crippen LogP contribution >= 0.6 is 0 Å². The molecule has 0 bridgehead atoms. The van der Waals surface area contributed by atoms with Gasteiger partial charge in [-0.2, -0.15) is 17.2 Å². The summed E-state index contributed by atoms with van der Waals surface area (Å²) in [4.78, 5) is 11.2. The minimum Gasteiger partial charge on any atom is -0.460 e. The van der Waals surface area contributed by atoms with Crippen molar-refractivity contribution in [3.8, 4) is 0 Å². The number of carbonyl (C=O) groups excluding carboxylic acids is 1. The largest absolute Gasteiger partial charge is 0.465 e. The van der Waals surface area contributed by atoms with Crippen LogP contribution in [0.4, 0.5) is 8.78 Å². The second-order valence-corrected chi connectivity index (χ2v) is 8.49. The molecule has 0 heterocycles. The van der Waals surface area contributed by atoms with Gasteiger partial charge in [0, 0.05) is 10.8 Å². The Morgan fingerprint density at radius 2 is 2.00 bits per heavy atom. The van der Waals surface area contributed by atoms with Crippen LogP contribution in [-0.4, -0.2) is 41.5 Å². The maximum absolute atomic E-state index is 13.1. The molecule has 3 aliphatic rings. The number of hydrogen-bond acceptors (Lipinski definition) is 5. The normalized spacial score (nSPS) is 44.5. The molecule has 0 saturated heterocycles. The molecular formula is C12H16F2O6S. The summed E-state index contributed by atoms with van der Waals surface area (Å²) in [6, 6.07) is 0. The molecule has 6 nitrogen and oxygen atoms in total. The molecule has 1 spiro atoms. The summed E-state index contributed by atoms with van der Waals surface area (Å²) >= 11 is 0. The van der Waals surface area contributed by atoms with Crippen LogP contribution in [0.5, 0.6) is 0 Å². The maximum atomic E-state index is 13.1. The van der Waals surface area contributed by atoms with Crippen LogP contribution in [0.3, 0.4) is 0 Å². The van der Waals surface area contributed by atoms with Crippen LogP contribution in [0, 0.1) is 16.7 Å². The molecule has 3 saturated carbocycles. The maximum Gasteiger partial charge on any atom is 0.465 e. The number of esters is 1. The first-order chi connectivity index (χ1) is 9.35. The zero-order valence-electron chi connectivity index (χ0n) is 11.3. The zero-order chi connectivity index (χ0) is 15.9. The van der Waals surface area contributed by atoms with Crippen LogP contribution in [0.2, 0.25) is 0 Å². The average Bonchev–Trinajstić information content (AvgIpc) is 3.11. The third-order valence-corrected chi connectivity index (χ3v) is 6.03. The molecule has 9 heteroatoms. The number of carbonyl (C=O) groups is 1. The van der Waals surface area contributed by atoms with Gasteiger partial charge < -0.3 is 9.84 Å². The van der Waals surface area contributed by atoms with Crippen LogP contribution < -0.4 is 0 Å². The molecule has 0 aliphatic heterocycles. The van der Waals surface area contributed by atoms with E-state index in [0.717, 1.165) is 6.42 Å². The predicted molar refractivity (Wildman–Crippen MR) is 64.9 cm³/mol. The lowest BCUT2D eigenvalue weighted by Crippen LogP contribution is -2.42. The summed E-state index contributed by atoms with van der Waals surface area (Å²) in [5.74, 6) is -1.98. The topological polar surface area (TPSA) is 101 Å². The van der Waals surface area contributed by atoms with E-state index in [9.17, 15) is 27.1 Å². The van der Waals surface area contributed by atoms with Gasteiger partial charge in [-0.3, -0.25) is 4.55 Å². The second-order valence-electron chi connectivity index (χ2n) is 7.03. The third kappa shape index (κ3) is 2.01. The number of ether oxygens (including phenoxy) is 1. The molecule has 0 aromatic heterocycles. The second kappa shape index (κ2) is 3.75. The molecule has 0 amide bonds. The number of rotatable bonds is 4. The fourth-order valence-electron chi connectivity index (χ4n) is 4.06. The van der Waals surface area contributed by atoms with Gasteiger partial charge in [0.2, 0.25) is 0 Å². The molecule has 120 valence electrons. The Balaban J connectivity index is 1.64. The first-order valence-electron chi connectivity index (χ1n) is 6.60. The Bertz CT molecular complexity index is 619. The Morgan fingerprint density at radius 1 is 1.38 bits per heavy atom. The summed E-state index contributed by atoms with van der Waals surface area (Å²) in [5.41, 5.74) is -1.47. The van der Waals surface area contributed by atoms with Crippen molar-refractivity contribution in [1.82, 2.24) is 0 Å². The molecule has 3 rings (SSSR count). The Kier molecular flexibility index (Phi) is 2.70. The molecule has 0 aromatic rings. The summed E-state index contributed by atoms with van der Waals surface area (Å²) in [6.45, 7) is 1.30. The molecule has 0 aromatic carbocycles. The van der Waals surface area contributed by atoms with Gasteiger partial charge in [0.25, 0.3) is 0 Å². The van der Waals surface area contributed by atoms with Crippen molar-refractivity contribution in [3.05, 3.63) is 0 Å². The number of hydrogen-bond donors (Lipinski definition) is 2. The Hall–Kier alpha value is -0.800. The highest BCUT2D eigenvalue weighted by molar-refractivity contribution is 7.87. The fourth-order valence-corrected chi connectivity index (χ4v) is 4.33. The van der Waals surface area contributed by atoms with Crippen LogP contribution in [0.15, 0.2) is 0 Å². The predicted octanol–water partition coefficient (Wildman–Crippen LogP) is 0.951. The first kappa shape index (κ1) is 15.1. The molecule has 4 unspecified atom stereocenters. The zero-order valence-corrected chi connectivity index (χ0v) is 12.1. The third-order valence-electron chi connectivity index (χ3n) is 5.21. The van der Waals surface area contributed by atoms with Gasteiger partial charge in [-0.15, -0.1) is 0 Å². The van der Waals surface area contributed by atoms with E-state index in [2.05, 4.69) is 4.74 Å². The Morgan fingerprint density at radius 3 is 2.52 bits per heavy atom. The van der Waals surface area contributed by atoms with Gasteiger partial charge in [-0.05, 0) is 31.6 Å². The average molecular weight is 326 g/mol. The standard InChI is InChI=1S/C12H16F2O6S/c1-9(2-7-3-10(7)5-11(10,16)4-9)6-20-8(15)12(13,14)21(17,18)19/h7,16H,2-6H2,1H3,(H,17,18,19). The van der Waals surface area contributed by atoms with Crippen molar-refractivity contribution in [2.75, 3.05) is 6.61 Å². The highest BCUT2D eigenvalue weighted by Gasteiger charge is 2.82. The number of alkyl halides is 2. The molecule has 3 fully saturated rings. The van der Waals surface area contributed by atoms with Crippen molar-refractivity contribution >= 4 is 16.1 Å². The van der Waals surface area contributed by atoms with E-state index in [1.54, 1.807) is 6.92 Å². The summed E-state index contributed by atoms with van der Waals surface area (Å²) in [6.07, 6.45) is 2.56. The van der Waals surface area contributed by atoms with Gasteiger partial charge >= 0.3 is 21.3 Å². The van der Waals surface area contributed by atoms with Crippen LogP contribution in [0.1, 0.15) is 32.6 Å². The van der Waals surface area contributed by atoms with Gasteiger partial charge in [0.05, 0.1) is 12.2 Å². The van der Waals surface area contributed by atoms with Crippen molar-refractivity contribution < 1.29 is 36.4 Å².